The molecule has 324 valence electrons. The van der Waals surface area contributed by atoms with Gasteiger partial charge in [0.05, 0.1) is 39.9 Å². The van der Waals surface area contributed by atoms with Crippen LogP contribution in [0.25, 0.3) is 0 Å². The van der Waals surface area contributed by atoms with Gasteiger partial charge >= 0.3 is 5.69 Å². The van der Waals surface area contributed by atoms with Crippen molar-refractivity contribution in [2.45, 2.75) is 115 Å². The summed E-state index contributed by atoms with van der Waals surface area (Å²) in [6, 6.07) is 29.0. The van der Waals surface area contributed by atoms with E-state index in [1.165, 1.54) is 16.8 Å². The Hall–Kier alpha value is -4.16. The molecule has 5 rings (SSSR count). The van der Waals surface area contributed by atoms with Gasteiger partial charge in [-0.3, -0.25) is 14.3 Å². The number of aromatic nitrogens is 2. The molecule has 3 aromatic carbocycles. The lowest BCUT2D eigenvalue weighted by atomic mass is 9.80. The van der Waals surface area contributed by atoms with Gasteiger partial charge in [-0.05, 0) is 86.8 Å². The first-order chi connectivity index (χ1) is 28.5. The second kappa shape index (κ2) is 20.1. The van der Waals surface area contributed by atoms with Crippen molar-refractivity contribution >= 4 is 16.8 Å². The van der Waals surface area contributed by atoms with E-state index in [-0.39, 0.29) is 36.8 Å². The number of nitrogens with one attached hydrogen (secondary N) is 1. The highest BCUT2D eigenvalue weighted by Gasteiger charge is 2.54. The molecule has 1 aliphatic heterocycles. The number of ether oxygens (including phenoxy) is 4. The van der Waals surface area contributed by atoms with E-state index in [0.29, 0.717) is 11.5 Å². The molecule has 15 heteroatoms. The lowest BCUT2D eigenvalue weighted by molar-refractivity contribution is -0.0943. The maximum absolute atomic E-state index is 13.6. The number of hydrogen-bond acceptors (Lipinski definition) is 11. The molecule has 5 atom stereocenters. The Bertz CT molecular complexity index is 2080. The monoisotopic (exact) mass is 860 g/mol. The van der Waals surface area contributed by atoms with Crippen LogP contribution in [0.4, 0.5) is 0 Å². The van der Waals surface area contributed by atoms with Gasteiger partial charge in [-0.15, -0.1) is 0 Å². The van der Waals surface area contributed by atoms with Crippen LogP contribution in [0.15, 0.2) is 101 Å². The molecule has 1 aliphatic rings. The van der Waals surface area contributed by atoms with Gasteiger partial charge in [0.2, 0.25) is 0 Å². The molecule has 0 bridgehead atoms. The van der Waals surface area contributed by atoms with E-state index in [1.807, 2.05) is 78.9 Å². The summed E-state index contributed by atoms with van der Waals surface area (Å²) in [4.78, 5) is 28.4. The molecule has 1 unspecified atom stereocenters. The van der Waals surface area contributed by atoms with Crippen molar-refractivity contribution in [1.82, 2.24) is 14.2 Å². The lowest BCUT2D eigenvalue weighted by Gasteiger charge is -2.42. The normalized spacial score (nSPS) is 19.1. The number of nitrogens with zero attached hydrogens (tertiary/aromatic N) is 3. The van der Waals surface area contributed by atoms with Crippen LogP contribution in [0, 0.1) is 11.3 Å². The maximum Gasteiger partial charge on any atom is 0.330 e. The van der Waals surface area contributed by atoms with Crippen LogP contribution in [0.2, 0.25) is 18.1 Å². The van der Waals surface area contributed by atoms with Crippen molar-refractivity contribution in [1.29, 1.82) is 5.26 Å². The molecule has 1 fully saturated rings. The number of aromatic amines is 1. The highest BCUT2D eigenvalue weighted by Crippen LogP contribution is 2.52. The minimum atomic E-state index is -2.64. The zero-order valence-corrected chi connectivity index (χ0v) is 38.6. The summed E-state index contributed by atoms with van der Waals surface area (Å²) < 4.78 is 50.0. The fourth-order valence-electron chi connectivity index (χ4n) is 7.14. The Kier molecular flexibility index (Phi) is 15.7. The van der Waals surface area contributed by atoms with Crippen LogP contribution in [0.1, 0.15) is 77.8 Å². The van der Waals surface area contributed by atoms with Gasteiger partial charge in [0.1, 0.15) is 35.4 Å². The zero-order valence-electron chi connectivity index (χ0n) is 36.7. The Morgan fingerprint density at radius 2 is 1.40 bits per heavy atom. The lowest BCUT2D eigenvalue weighted by Crippen LogP contribution is -2.50. The first-order valence-corrected chi connectivity index (χ1v) is 24.4. The standard InChI is InChI=1S/C45H61N4O9PSi/c1-31(2)49(32(3)4)59(55-29-15-27-46)57-40-38(56-42(48-28-26-39(50)47-43(48)51)41(40)58-60(10,11)44(5,6)7)30-54-45(33-16-13-12-14-17-33,34-18-22-36(52-8)23-19-34)35-20-24-37(53-9)25-21-35/h12-14,16-26,28,31-32,38,40-42H,15,29-30H2,1-11H3,(H,47,50,51)/t38-,40-,41-,42-,59?/m1/s1. The molecule has 2 heterocycles. The van der Waals surface area contributed by atoms with Crippen molar-refractivity contribution in [3.63, 3.8) is 0 Å². The summed E-state index contributed by atoms with van der Waals surface area (Å²) in [5.74, 6) is 1.37. The van der Waals surface area contributed by atoms with Crippen molar-refractivity contribution in [3.05, 3.63) is 129 Å². The molecule has 1 saturated heterocycles. The molecule has 1 aromatic heterocycles. The highest BCUT2D eigenvalue weighted by molar-refractivity contribution is 7.44. The van der Waals surface area contributed by atoms with E-state index >= 15 is 0 Å². The summed E-state index contributed by atoms with van der Waals surface area (Å²) in [7, 11) is -1.20. The van der Waals surface area contributed by atoms with Crippen molar-refractivity contribution in [2.75, 3.05) is 27.4 Å². The molecule has 1 N–H and O–H groups in total. The summed E-state index contributed by atoms with van der Waals surface area (Å²) in [5, 5.41) is 9.26. The van der Waals surface area contributed by atoms with Crippen molar-refractivity contribution < 1.29 is 32.4 Å². The largest absolute Gasteiger partial charge is 0.497 e. The van der Waals surface area contributed by atoms with Crippen LogP contribution >= 0.6 is 8.53 Å². The molecule has 4 aromatic rings. The summed E-state index contributed by atoms with van der Waals surface area (Å²) >= 11 is 0. The molecule has 0 aliphatic carbocycles. The van der Waals surface area contributed by atoms with Gasteiger partial charge in [-0.1, -0.05) is 75.4 Å². The molecular weight excluding hydrogens is 800 g/mol. The Labute approximate surface area is 356 Å². The molecule has 0 spiro atoms. The Morgan fingerprint density at radius 3 is 1.88 bits per heavy atom. The van der Waals surface area contributed by atoms with Crippen LogP contribution < -0.4 is 20.7 Å². The summed E-state index contributed by atoms with van der Waals surface area (Å²) in [6.45, 7) is 19.1. The molecule has 13 nitrogen and oxygen atoms in total. The summed E-state index contributed by atoms with van der Waals surface area (Å²) in [5.41, 5.74) is 0.119. The second-order valence-electron chi connectivity index (χ2n) is 16.9. The highest BCUT2D eigenvalue weighted by atomic mass is 31.2. The van der Waals surface area contributed by atoms with E-state index in [9.17, 15) is 14.9 Å². The number of rotatable bonds is 19. The van der Waals surface area contributed by atoms with E-state index < -0.39 is 58.2 Å². The predicted molar refractivity (Wildman–Crippen MR) is 236 cm³/mol. The van der Waals surface area contributed by atoms with E-state index in [1.54, 1.807) is 14.2 Å². The van der Waals surface area contributed by atoms with Gasteiger partial charge in [0.15, 0.2) is 14.5 Å². The van der Waals surface area contributed by atoms with Crippen LogP contribution in [0.3, 0.4) is 0 Å². The quantitative estimate of drug-likeness (QED) is 0.0419. The maximum atomic E-state index is 13.6. The van der Waals surface area contributed by atoms with Crippen LogP contribution in [0.5, 0.6) is 11.5 Å². The van der Waals surface area contributed by atoms with Gasteiger partial charge < -0.3 is 32.4 Å². The number of H-pyrrole nitrogens is 1. The minimum Gasteiger partial charge on any atom is -0.497 e. The Morgan fingerprint density at radius 1 is 0.850 bits per heavy atom. The molecule has 0 radical (unpaired) electrons. The fraction of sp³-hybridized carbons (Fsp3) is 0.489. The number of hydrogen-bond donors (Lipinski definition) is 1. The van der Waals surface area contributed by atoms with E-state index in [2.05, 4.69) is 77.3 Å². The number of methoxy groups -OCH3 is 2. The van der Waals surface area contributed by atoms with Gasteiger partial charge in [-0.25, -0.2) is 9.46 Å². The van der Waals surface area contributed by atoms with Gasteiger partial charge in [0, 0.05) is 24.3 Å². The van der Waals surface area contributed by atoms with Gasteiger partial charge in [0.25, 0.3) is 14.1 Å². The van der Waals surface area contributed by atoms with Crippen molar-refractivity contribution in [3.8, 4) is 17.6 Å². The number of nitriles is 1. The van der Waals surface area contributed by atoms with Crippen LogP contribution in [-0.2, 0) is 28.5 Å². The first-order valence-electron chi connectivity index (χ1n) is 20.4. The third-order valence-corrected chi connectivity index (χ3v) is 17.8. The topological polar surface area (TPSA) is 147 Å². The second-order valence-corrected chi connectivity index (χ2v) is 23.0. The molecule has 0 amide bonds. The predicted octanol–water partition coefficient (Wildman–Crippen LogP) is 8.51. The molecule has 0 saturated carbocycles. The number of benzene rings is 3. The minimum absolute atomic E-state index is 0.00321. The zero-order chi connectivity index (χ0) is 43.8. The summed E-state index contributed by atoms with van der Waals surface area (Å²) in [6.07, 6.45) is -2.01. The third kappa shape index (κ3) is 10.5. The average Bonchev–Trinajstić information content (AvgIpc) is 3.53. The van der Waals surface area contributed by atoms with Gasteiger partial charge in [-0.2, -0.15) is 5.26 Å². The molecular formula is C45H61N4O9PSi. The SMILES string of the molecule is COc1ccc(C(OC[C@H]2O[C@@H](n3ccc(=O)[nH]c3=O)[C@H](O[Si](C)(C)C(C)(C)C)[C@@H]2OP(OCCC#N)N(C(C)C)C(C)C)(c2ccccc2)c2ccc(OC)cc2)cc1. The fourth-order valence-corrected chi connectivity index (χ4v) is 10.2. The van der Waals surface area contributed by atoms with E-state index in [4.69, 9.17) is 32.4 Å². The Balaban J connectivity index is 1.73. The van der Waals surface area contributed by atoms with Crippen LogP contribution in [-0.4, -0.2) is 80.4 Å². The van der Waals surface area contributed by atoms with Crippen molar-refractivity contribution in [2.24, 2.45) is 0 Å². The molecule has 60 heavy (non-hydrogen) atoms. The first kappa shape index (κ1) is 46.9. The smallest absolute Gasteiger partial charge is 0.330 e. The van der Waals surface area contributed by atoms with E-state index in [0.717, 1.165) is 16.7 Å². The average molecular weight is 861 g/mol. The third-order valence-electron chi connectivity index (χ3n) is 11.2.